The van der Waals surface area contributed by atoms with Gasteiger partial charge in [-0.1, -0.05) is 0 Å². The minimum atomic E-state index is 0.454. The molecule has 0 spiro atoms. The summed E-state index contributed by atoms with van der Waals surface area (Å²) < 4.78 is 17.8. The van der Waals surface area contributed by atoms with Crippen LogP contribution >= 0.6 is 27.5 Å². The van der Waals surface area contributed by atoms with Crippen molar-refractivity contribution in [3.05, 3.63) is 22.2 Å². The van der Waals surface area contributed by atoms with Gasteiger partial charge in [-0.25, -0.2) is 0 Å². The maximum Gasteiger partial charge on any atom is 0.175 e. The highest BCUT2D eigenvalue weighted by Crippen LogP contribution is 2.37. The molecule has 1 aromatic rings. The Kier molecular flexibility index (Phi) is 5.79. The topological polar surface area (TPSA) is 27.7 Å². The molecule has 1 heterocycles. The summed E-state index contributed by atoms with van der Waals surface area (Å²) in [6.07, 6.45) is 1.06. The molecule has 0 radical (unpaired) electrons. The summed E-state index contributed by atoms with van der Waals surface area (Å²) in [5, 5.41) is 0. The summed E-state index contributed by atoms with van der Waals surface area (Å²) in [7, 11) is 0. The van der Waals surface area contributed by atoms with E-state index in [9.17, 15) is 0 Å². The zero-order valence-electron chi connectivity index (χ0n) is 11.0. The average molecular weight is 350 g/mol. The van der Waals surface area contributed by atoms with Gasteiger partial charge >= 0.3 is 0 Å². The number of ether oxygens (including phenoxy) is 3. The third kappa shape index (κ3) is 4.01. The molecular formula is C14H18BrClO3. The first-order valence-electron chi connectivity index (χ1n) is 6.46. The molecule has 106 valence electrons. The van der Waals surface area contributed by atoms with Gasteiger partial charge in [0.1, 0.15) is 0 Å². The van der Waals surface area contributed by atoms with Crippen LogP contribution < -0.4 is 9.47 Å². The number of alkyl halides is 1. The first kappa shape index (κ1) is 14.9. The normalized spacial score (nSPS) is 18.6. The Labute approximate surface area is 127 Å². The molecular weight excluding hydrogens is 332 g/mol. The van der Waals surface area contributed by atoms with Gasteiger partial charge in [0.2, 0.25) is 0 Å². The molecule has 0 N–H and O–H groups in total. The van der Waals surface area contributed by atoms with Crippen molar-refractivity contribution in [3.8, 4) is 11.5 Å². The summed E-state index contributed by atoms with van der Waals surface area (Å²) >= 11 is 9.39. The second-order valence-corrected chi connectivity index (χ2v) is 5.63. The fraction of sp³-hybridized carbons (Fsp3) is 0.571. The summed E-state index contributed by atoms with van der Waals surface area (Å²) in [5.74, 6) is 2.42. The van der Waals surface area contributed by atoms with Crippen molar-refractivity contribution in [1.29, 1.82) is 0 Å². The van der Waals surface area contributed by atoms with Crippen molar-refractivity contribution in [1.82, 2.24) is 0 Å². The van der Waals surface area contributed by atoms with Gasteiger partial charge in [0, 0.05) is 18.4 Å². The molecule has 19 heavy (non-hydrogen) atoms. The van der Waals surface area contributed by atoms with E-state index < -0.39 is 0 Å². The maximum atomic E-state index is 5.91. The fourth-order valence-electron chi connectivity index (χ4n) is 2.02. The first-order valence-corrected chi connectivity index (χ1v) is 7.79. The van der Waals surface area contributed by atoms with Gasteiger partial charge in [-0.05, 0) is 47.0 Å². The van der Waals surface area contributed by atoms with E-state index in [0.717, 1.165) is 41.2 Å². The molecule has 1 atom stereocenters. The molecule has 3 nitrogen and oxygen atoms in total. The van der Waals surface area contributed by atoms with Gasteiger partial charge < -0.3 is 14.2 Å². The molecule has 0 amide bonds. The SMILES string of the molecule is CCOc1cc(CCl)cc(Br)c1OCC1CCOC1. The second-order valence-electron chi connectivity index (χ2n) is 4.51. The standard InChI is InChI=1S/C14H18BrClO3/c1-2-18-13-6-11(7-16)5-12(15)14(13)19-9-10-3-4-17-8-10/h5-6,10H,2-4,7-9H2,1H3. The highest BCUT2D eigenvalue weighted by atomic mass is 79.9. The predicted octanol–water partition coefficient (Wildman–Crippen LogP) is 4.00. The van der Waals surface area contributed by atoms with Gasteiger partial charge in [-0.15, -0.1) is 11.6 Å². The Morgan fingerprint density at radius 3 is 2.89 bits per heavy atom. The average Bonchev–Trinajstić information content (AvgIpc) is 2.91. The maximum absolute atomic E-state index is 5.91. The number of rotatable bonds is 6. The van der Waals surface area contributed by atoms with Crippen LogP contribution in [-0.4, -0.2) is 26.4 Å². The second kappa shape index (κ2) is 7.36. The quantitative estimate of drug-likeness (QED) is 0.727. The van der Waals surface area contributed by atoms with Crippen molar-refractivity contribution in [2.75, 3.05) is 26.4 Å². The van der Waals surface area contributed by atoms with E-state index in [4.69, 9.17) is 25.8 Å². The van der Waals surface area contributed by atoms with E-state index in [1.54, 1.807) is 0 Å². The lowest BCUT2D eigenvalue weighted by Gasteiger charge is -2.16. The minimum absolute atomic E-state index is 0.454. The van der Waals surface area contributed by atoms with Gasteiger partial charge in [0.05, 0.1) is 24.3 Å². The molecule has 1 unspecified atom stereocenters. The first-order chi connectivity index (χ1) is 9.24. The lowest BCUT2D eigenvalue weighted by atomic mass is 10.1. The van der Waals surface area contributed by atoms with Crippen LogP contribution in [0.3, 0.4) is 0 Å². The summed E-state index contributed by atoms with van der Waals surface area (Å²) in [5.41, 5.74) is 1.01. The van der Waals surface area contributed by atoms with Crippen LogP contribution in [0.4, 0.5) is 0 Å². The lowest BCUT2D eigenvalue weighted by molar-refractivity contribution is 0.164. The summed E-state index contributed by atoms with van der Waals surface area (Å²) in [6, 6.07) is 3.90. The van der Waals surface area contributed by atoms with Crippen molar-refractivity contribution in [2.24, 2.45) is 5.92 Å². The van der Waals surface area contributed by atoms with Gasteiger partial charge in [0.15, 0.2) is 11.5 Å². The van der Waals surface area contributed by atoms with Crippen molar-refractivity contribution < 1.29 is 14.2 Å². The number of halogens is 2. The molecule has 2 rings (SSSR count). The molecule has 0 aromatic heterocycles. The predicted molar refractivity (Wildman–Crippen MR) is 79.3 cm³/mol. The highest BCUT2D eigenvalue weighted by Gasteiger charge is 2.19. The number of hydrogen-bond donors (Lipinski definition) is 0. The van der Waals surface area contributed by atoms with Crippen LogP contribution in [0.15, 0.2) is 16.6 Å². The molecule has 1 aliphatic rings. The van der Waals surface area contributed by atoms with E-state index in [-0.39, 0.29) is 0 Å². The Morgan fingerprint density at radius 1 is 1.42 bits per heavy atom. The van der Waals surface area contributed by atoms with Crippen molar-refractivity contribution >= 4 is 27.5 Å². The Morgan fingerprint density at radius 2 is 2.26 bits per heavy atom. The molecule has 1 aromatic carbocycles. The monoisotopic (exact) mass is 348 g/mol. The third-order valence-corrected chi connectivity index (χ3v) is 3.91. The van der Waals surface area contributed by atoms with Gasteiger partial charge in [-0.3, -0.25) is 0 Å². The lowest BCUT2D eigenvalue weighted by Crippen LogP contribution is -2.12. The van der Waals surface area contributed by atoms with Crippen LogP contribution in [0.1, 0.15) is 18.9 Å². The summed E-state index contributed by atoms with van der Waals surface area (Å²) in [6.45, 7) is 4.82. The minimum Gasteiger partial charge on any atom is -0.490 e. The van der Waals surface area contributed by atoms with Crippen LogP contribution in [-0.2, 0) is 10.6 Å². The van der Waals surface area contributed by atoms with E-state index in [0.29, 0.717) is 25.0 Å². The third-order valence-electron chi connectivity index (χ3n) is 3.01. The van der Waals surface area contributed by atoms with Gasteiger partial charge in [-0.2, -0.15) is 0 Å². The zero-order valence-corrected chi connectivity index (χ0v) is 13.3. The molecule has 1 aliphatic heterocycles. The number of hydrogen-bond acceptors (Lipinski definition) is 3. The largest absolute Gasteiger partial charge is 0.490 e. The highest BCUT2D eigenvalue weighted by molar-refractivity contribution is 9.10. The molecule has 0 saturated carbocycles. The molecule has 0 aliphatic carbocycles. The van der Waals surface area contributed by atoms with Crippen molar-refractivity contribution in [2.45, 2.75) is 19.2 Å². The smallest absolute Gasteiger partial charge is 0.175 e. The van der Waals surface area contributed by atoms with E-state index in [2.05, 4.69) is 15.9 Å². The zero-order chi connectivity index (χ0) is 13.7. The van der Waals surface area contributed by atoms with E-state index in [1.807, 2.05) is 19.1 Å². The van der Waals surface area contributed by atoms with Gasteiger partial charge in [0.25, 0.3) is 0 Å². The molecule has 1 saturated heterocycles. The molecule has 0 bridgehead atoms. The van der Waals surface area contributed by atoms with Crippen LogP contribution in [0, 0.1) is 5.92 Å². The van der Waals surface area contributed by atoms with Crippen LogP contribution in [0.5, 0.6) is 11.5 Å². The Bertz CT molecular complexity index is 419. The molecule has 1 fully saturated rings. The summed E-state index contributed by atoms with van der Waals surface area (Å²) in [4.78, 5) is 0. The van der Waals surface area contributed by atoms with Crippen LogP contribution in [0.25, 0.3) is 0 Å². The van der Waals surface area contributed by atoms with Crippen molar-refractivity contribution in [3.63, 3.8) is 0 Å². The Balaban J connectivity index is 2.11. The molecule has 5 heteroatoms. The van der Waals surface area contributed by atoms with E-state index >= 15 is 0 Å². The number of benzene rings is 1. The Hall–Kier alpha value is -0.450. The fourth-order valence-corrected chi connectivity index (χ4v) is 2.78. The van der Waals surface area contributed by atoms with Crippen LogP contribution in [0.2, 0.25) is 0 Å². The van der Waals surface area contributed by atoms with E-state index in [1.165, 1.54) is 0 Å².